The summed E-state index contributed by atoms with van der Waals surface area (Å²) >= 11 is 0. The molecule has 1 aliphatic rings. The van der Waals surface area contributed by atoms with E-state index in [4.69, 9.17) is 5.84 Å². The van der Waals surface area contributed by atoms with Crippen molar-refractivity contribution in [1.82, 2.24) is 15.2 Å². The van der Waals surface area contributed by atoms with Gasteiger partial charge < -0.3 is 4.90 Å². The number of hydrogen-bond donors (Lipinski definition) is 2. The van der Waals surface area contributed by atoms with E-state index in [0.29, 0.717) is 6.04 Å². The highest BCUT2D eigenvalue weighted by Gasteiger charge is 2.29. The van der Waals surface area contributed by atoms with Crippen molar-refractivity contribution in [1.29, 1.82) is 0 Å². The Morgan fingerprint density at radius 1 is 1.44 bits per heavy atom. The Kier molecular flexibility index (Phi) is 4.70. The molecule has 1 amide bonds. The molecule has 0 aliphatic carbocycles. The van der Waals surface area contributed by atoms with Crippen LogP contribution in [0.1, 0.15) is 20.8 Å². The third-order valence-corrected chi connectivity index (χ3v) is 3.85. The van der Waals surface area contributed by atoms with Crippen molar-refractivity contribution in [2.75, 3.05) is 26.7 Å². The molecule has 0 aromatic heterocycles. The predicted octanol–water partition coefficient (Wildman–Crippen LogP) is -0.363. The minimum atomic E-state index is -0.0842. The van der Waals surface area contributed by atoms with Crippen LogP contribution in [0.3, 0.4) is 0 Å². The van der Waals surface area contributed by atoms with Gasteiger partial charge in [-0.1, -0.05) is 6.92 Å². The quantitative estimate of drug-likeness (QED) is 0.393. The average molecular weight is 228 g/mol. The first-order valence-electron chi connectivity index (χ1n) is 5.92. The van der Waals surface area contributed by atoms with Gasteiger partial charge in [0.05, 0.1) is 5.92 Å². The number of hydrogen-bond acceptors (Lipinski definition) is 4. The lowest BCUT2D eigenvalue weighted by atomic mass is 9.99. The third kappa shape index (κ3) is 2.93. The number of rotatable bonds is 3. The average Bonchev–Trinajstić information content (AvgIpc) is 2.29. The van der Waals surface area contributed by atoms with Crippen molar-refractivity contribution in [3.63, 3.8) is 0 Å². The molecule has 16 heavy (non-hydrogen) atoms. The number of piperazine rings is 1. The summed E-state index contributed by atoms with van der Waals surface area (Å²) in [6.07, 6.45) is 0. The number of nitrogens with one attached hydrogen (secondary N) is 1. The van der Waals surface area contributed by atoms with Crippen LogP contribution in [0.4, 0.5) is 0 Å². The van der Waals surface area contributed by atoms with Crippen LogP contribution in [0, 0.1) is 5.92 Å². The maximum absolute atomic E-state index is 11.5. The minimum Gasteiger partial charge on any atom is -0.301 e. The number of carbonyl (C=O) groups excluding carboxylic acids is 1. The van der Waals surface area contributed by atoms with Crippen LogP contribution in [-0.2, 0) is 4.79 Å². The van der Waals surface area contributed by atoms with Crippen LogP contribution in [0.15, 0.2) is 0 Å². The molecule has 1 rings (SSSR count). The molecule has 94 valence electrons. The number of nitrogens with zero attached hydrogens (tertiary/aromatic N) is 2. The lowest BCUT2D eigenvalue weighted by Gasteiger charge is -2.42. The van der Waals surface area contributed by atoms with E-state index in [1.807, 2.05) is 6.92 Å². The highest BCUT2D eigenvalue weighted by Crippen LogP contribution is 2.16. The molecule has 0 bridgehead atoms. The highest BCUT2D eigenvalue weighted by molar-refractivity contribution is 5.78. The second-order valence-corrected chi connectivity index (χ2v) is 4.86. The zero-order valence-electron chi connectivity index (χ0n) is 10.7. The zero-order chi connectivity index (χ0) is 12.3. The fourth-order valence-corrected chi connectivity index (χ4v) is 2.11. The molecule has 5 heteroatoms. The first kappa shape index (κ1) is 13.4. The third-order valence-electron chi connectivity index (χ3n) is 3.85. The van der Waals surface area contributed by atoms with Crippen LogP contribution >= 0.6 is 0 Å². The normalized spacial score (nSPS) is 27.4. The van der Waals surface area contributed by atoms with Gasteiger partial charge in [0.2, 0.25) is 5.91 Å². The van der Waals surface area contributed by atoms with Gasteiger partial charge in [-0.15, -0.1) is 0 Å². The molecular weight excluding hydrogens is 204 g/mol. The summed E-state index contributed by atoms with van der Waals surface area (Å²) in [5, 5.41) is 0. The van der Waals surface area contributed by atoms with E-state index in [0.717, 1.165) is 19.6 Å². The Labute approximate surface area is 97.9 Å². The van der Waals surface area contributed by atoms with Crippen molar-refractivity contribution < 1.29 is 4.79 Å². The van der Waals surface area contributed by atoms with E-state index >= 15 is 0 Å². The van der Waals surface area contributed by atoms with Crippen molar-refractivity contribution in [3.8, 4) is 0 Å². The van der Waals surface area contributed by atoms with Gasteiger partial charge in [0.1, 0.15) is 0 Å². The van der Waals surface area contributed by atoms with Crippen molar-refractivity contribution >= 4 is 5.91 Å². The van der Waals surface area contributed by atoms with E-state index in [1.54, 1.807) is 0 Å². The molecule has 1 fully saturated rings. The van der Waals surface area contributed by atoms with Gasteiger partial charge in [-0.3, -0.25) is 15.1 Å². The van der Waals surface area contributed by atoms with Crippen LogP contribution in [0.25, 0.3) is 0 Å². The molecule has 0 saturated carbocycles. The topological polar surface area (TPSA) is 61.6 Å². The fraction of sp³-hybridized carbons (Fsp3) is 0.909. The summed E-state index contributed by atoms with van der Waals surface area (Å²) in [5.41, 5.74) is 2.23. The van der Waals surface area contributed by atoms with E-state index in [9.17, 15) is 4.79 Å². The molecule has 3 N–H and O–H groups in total. The standard InChI is InChI=1S/C11H24N4O/c1-8-7-15(6-5-14(8)4)10(3)9(2)11(16)13-12/h8-10H,5-7,12H2,1-4H3,(H,13,16). The molecule has 0 radical (unpaired) electrons. The van der Waals surface area contributed by atoms with Gasteiger partial charge in [0, 0.05) is 31.7 Å². The maximum Gasteiger partial charge on any atom is 0.238 e. The highest BCUT2D eigenvalue weighted by atomic mass is 16.2. The van der Waals surface area contributed by atoms with E-state index in [-0.39, 0.29) is 17.9 Å². The SMILES string of the molecule is CC(C(=O)NN)C(C)N1CCN(C)C(C)C1. The summed E-state index contributed by atoms with van der Waals surface area (Å²) in [7, 11) is 2.14. The zero-order valence-corrected chi connectivity index (χ0v) is 10.7. The van der Waals surface area contributed by atoms with E-state index in [2.05, 4.69) is 36.1 Å². The Hall–Kier alpha value is -0.650. The molecule has 0 aromatic carbocycles. The summed E-state index contributed by atoms with van der Waals surface area (Å²) < 4.78 is 0. The van der Waals surface area contributed by atoms with Gasteiger partial charge in [-0.25, -0.2) is 5.84 Å². The summed E-state index contributed by atoms with van der Waals surface area (Å²) in [6.45, 7) is 9.33. The molecule has 1 saturated heterocycles. The summed E-state index contributed by atoms with van der Waals surface area (Å²) in [6, 6.07) is 0.782. The number of amides is 1. The Morgan fingerprint density at radius 2 is 2.06 bits per heavy atom. The monoisotopic (exact) mass is 228 g/mol. The lowest BCUT2D eigenvalue weighted by Crippen LogP contribution is -2.55. The number of nitrogens with two attached hydrogens (primary N) is 1. The second-order valence-electron chi connectivity index (χ2n) is 4.86. The predicted molar refractivity (Wildman–Crippen MR) is 64.6 cm³/mol. The Bertz CT molecular complexity index is 246. The van der Waals surface area contributed by atoms with Crippen LogP contribution in [-0.4, -0.2) is 54.5 Å². The molecular formula is C11H24N4O. The van der Waals surface area contributed by atoms with Gasteiger partial charge in [-0.2, -0.15) is 0 Å². The Balaban J connectivity index is 2.54. The summed E-state index contributed by atoms with van der Waals surface area (Å²) in [5.74, 6) is 5.01. The van der Waals surface area contributed by atoms with Crippen LogP contribution < -0.4 is 11.3 Å². The fourth-order valence-electron chi connectivity index (χ4n) is 2.11. The molecule has 1 aliphatic heterocycles. The molecule has 5 nitrogen and oxygen atoms in total. The first-order valence-corrected chi connectivity index (χ1v) is 5.92. The second kappa shape index (κ2) is 5.61. The molecule has 0 aromatic rings. The first-order chi connectivity index (χ1) is 7.47. The smallest absolute Gasteiger partial charge is 0.238 e. The largest absolute Gasteiger partial charge is 0.301 e. The van der Waals surface area contributed by atoms with Gasteiger partial charge >= 0.3 is 0 Å². The van der Waals surface area contributed by atoms with Crippen LogP contribution in [0.5, 0.6) is 0 Å². The van der Waals surface area contributed by atoms with E-state index in [1.165, 1.54) is 0 Å². The van der Waals surface area contributed by atoms with Gasteiger partial charge in [0.25, 0.3) is 0 Å². The minimum absolute atomic E-state index is 0.0689. The van der Waals surface area contributed by atoms with E-state index < -0.39 is 0 Å². The molecule has 3 unspecified atom stereocenters. The Morgan fingerprint density at radius 3 is 2.56 bits per heavy atom. The van der Waals surface area contributed by atoms with Gasteiger partial charge in [-0.05, 0) is 20.9 Å². The summed E-state index contributed by atoms with van der Waals surface area (Å²) in [4.78, 5) is 16.2. The molecule has 0 spiro atoms. The maximum atomic E-state index is 11.5. The lowest BCUT2D eigenvalue weighted by molar-refractivity contribution is -0.126. The van der Waals surface area contributed by atoms with Crippen LogP contribution in [0.2, 0.25) is 0 Å². The van der Waals surface area contributed by atoms with Crippen molar-refractivity contribution in [3.05, 3.63) is 0 Å². The number of carbonyl (C=O) groups is 1. The number of likely N-dealkylation sites (N-methyl/N-ethyl adjacent to an activating group) is 1. The molecule has 1 heterocycles. The van der Waals surface area contributed by atoms with Crippen molar-refractivity contribution in [2.45, 2.75) is 32.9 Å². The van der Waals surface area contributed by atoms with Gasteiger partial charge in [0.15, 0.2) is 0 Å². The number of hydrazine groups is 1. The van der Waals surface area contributed by atoms with Crippen molar-refractivity contribution in [2.24, 2.45) is 11.8 Å². The molecule has 3 atom stereocenters.